The molecule has 2 N–H and O–H groups in total. The summed E-state index contributed by atoms with van der Waals surface area (Å²) in [5.74, 6) is -0.696. The van der Waals surface area contributed by atoms with Gasteiger partial charge in [0.05, 0.1) is 16.3 Å². The zero-order valence-electron chi connectivity index (χ0n) is 11.5. The van der Waals surface area contributed by atoms with E-state index in [0.717, 1.165) is 12.8 Å². The van der Waals surface area contributed by atoms with Gasteiger partial charge in [0.1, 0.15) is 0 Å². The number of amides is 2. The van der Waals surface area contributed by atoms with Crippen LogP contribution in [0.2, 0.25) is 10.0 Å². The van der Waals surface area contributed by atoms with E-state index in [4.69, 9.17) is 23.2 Å². The monoisotopic (exact) mass is 330 g/mol. The van der Waals surface area contributed by atoms with E-state index in [2.05, 4.69) is 12.2 Å². The molecular formula is C14H16Cl2N2O3. The molecule has 1 aliphatic heterocycles. The molecule has 0 aromatic heterocycles. The minimum absolute atomic E-state index is 0.0820. The van der Waals surface area contributed by atoms with E-state index in [1.54, 1.807) is 4.90 Å². The summed E-state index contributed by atoms with van der Waals surface area (Å²) in [6.07, 6.45) is 1.98. The van der Waals surface area contributed by atoms with Crippen LogP contribution in [0.3, 0.4) is 0 Å². The van der Waals surface area contributed by atoms with Crippen LogP contribution in [0.4, 0.5) is 10.5 Å². The summed E-state index contributed by atoms with van der Waals surface area (Å²) >= 11 is 11.8. The normalized spacial score (nSPS) is 17.9. The van der Waals surface area contributed by atoms with Gasteiger partial charge in [-0.1, -0.05) is 36.5 Å². The van der Waals surface area contributed by atoms with Crippen molar-refractivity contribution < 1.29 is 14.7 Å². The summed E-state index contributed by atoms with van der Waals surface area (Å²) < 4.78 is 0. The maximum atomic E-state index is 12.2. The average molecular weight is 331 g/mol. The largest absolute Gasteiger partial charge is 0.478 e. The molecule has 5 nitrogen and oxygen atoms in total. The number of carbonyl (C=O) groups excluding carboxylic acids is 1. The molecular weight excluding hydrogens is 315 g/mol. The fourth-order valence-electron chi connectivity index (χ4n) is 2.41. The lowest BCUT2D eigenvalue weighted by Crippen LogP contribution is -2.33. The summed E-state index contributed by atoms with van der Waals surface area (Å²) in [7, 11) is 0. The first-order valence-corrected chi connectivity index (χ1v) is 7.46. The first-order chi connectivity index (χ1) is 9.92. The second-order valence-electron chi connectivity index (χ2n) is 5.05. The molecule has 1 aliphatic rings. The van der Waals surface area contributed by atoms with Crippen LogP contribution in [0.1, 0.15) is 30.1 Å². The van der Waals surface area contributed by atoms with Gasteiger partial charge < -0.3 is 15.3 Å². The lowest BCUT2D eigenvalue weighted by molar-refractivity contribution is 0.0698. The Morgan fingerprint density at radius 1 is 1.43 bits per heavy atom. The number of carbonyl (C=O) groups is 2. The van der Waals surface area contributed by atoms with Crippen molar-refractivity contribution in [2.24, 2.45) is 5.92 Å². The van der Waals surface area contributed by atoms with Gasteiger partial charge in [-0.2, -0.15) is 0 Å². The van der Waals surface area contributed by atoms with Gasteiger partial charge in [0, 0.05) is 18.1 Å². The fraction of sp³-hybridized carbons (Fsp3) is 0.429. The Hall–Kier alpha value is -1.46. The van der Waals surface area contributed by atoms with Crippen LogP contribution in [0.15, 0.2) is 12.1 Å². The lowest BCUT2D eigenvalue weighted by Gasteiger charge is -2.19. The van der Waals surface area contributed by atoms with Crippen LogP contribution in [0.5, 0.6) is 0 Å². The lowest BCUT2D eigenvalue weighted by atomic mass is 10.1. The van der Waals surface area contributed by atoms with Gasteiger partial charge in [0.2, 0.25) is 0 Å². The van der Waals surface area contributed by atoms with Crippen molar-refractivity contribution in [1.29, 1.82) is 0 Å². The Bertz CT molecular complexity index is 578. The van der Waals surface area contributed by atoms with Crippen molar-refractivity contribution in [3.63, 3.8) is 0 Å². The number of urea groups is 1. The summed E-state index contributed by atoms with van der Waals surface area (Å²) in [5, 5.41) is 12.1. The molecule has 1 heterocycles. The molecule has 0 saturated carbocycles. The molecule has 1 aromatic carbocycles. The quantitative estimate of drug-likeness (QED) is 0.881. The van der Waals surface area contributed by atoms with E-state index in [-0.39, 0.29) is 27.3 Å². The number of hydrogen-bond acceptors (Lipinski definition) is 2. The number of nitrogens with one attached hydrogen (secondary N) is 1. The van der Waals surface area contributed by atoms with E-state index in [0.29, 0.717) is 19.0 Å². The van der Waals surface area contributed by atoms with Crippen molar-refractivity contribution in [2.45, 2.75) is 19.8 Å². The number of halogens is 2. The van der Waals surface area contributed by atoms with Crippen LogP contribution >= 0.6 is 23.2 Å². The van der Waals surface area contributed by atoms with E-state index in [1.807, 2.05) is 0 Å². The zero-order valence-corrected chi connectivity index (χ0v) is 13.0. The third-order valence-electron chi connectivity index (χ3n) is 3.67. The van der Waals surface area contributed by atoms with Crippen LogP contribution < -0.4 is 5.32 Å². The first kappa shape index (κ1) is 15.9. The van der Waals surface area contributed by atoms with Gasteiger partial charge in [0.25, 0.3) is 0 Å². The molecule has 1 fully saturated rings. The number of likely N-dealkylation sites (tertiary alicyclic amines) is 1. The Morgan fingerprint density at radius 2 is 2.14 bits per heavy atom. The molecule has 1 aromatic rings. The number of benzene rings is 1. The van der Waals surface area contributed by atoms with E-state index in [1.165, 1.54) is 12.1 Å². The minimum Gasteiger partial charge on any atom is -0.478 e. The van der Waals surface area contributed by atoms with Gasteiger partial charge in [-0.25, -0.2) is 9.59 Å². The molecule has 21 heavy (non-hydrogen) atoms. The van der Waals surface area contributed by atoms with Crippen molar-refractivity contribution in [2.75, 3.05) is 18.4 Å². The third kappa shape index (κ3) is 3.60. The Morgan fingerprint density at radius 3 is 2.71 bits per heavy atom. The number of anilines is 1. The number of carboxylic acids is 1. The highest BCUT2D eigenvalue weighted by atomic mass is 35.5. The summed E-state index contributed by atoms with van der Waals surface area (Å²) in [6.45, 7) is 3.43. The van der Waals surface area contributed by atoms with Crippen molar-refractivity contribution in [1.82, 2.24) is 4.90 Å². The van der Waals surface area contributed by atoms with E-state index < -0.39 is 5.97 Å². The average Bonchev–Trinajstić information content (AvgIpc) is 2.90. The number of nitrogens with zero attached hydrogens (tertiary/aromatic N) is 1. The van der Waals surface area contributed by atoms with Gasteiger partial charge in [-0.15, -0.1) is 0 Å². The topological polar surface area (TPSA) is 69.6 Å². The highest BCUT2D eigenvalue weighted by molar-refractivity contribution is 6.37. The second kappa shape index (κ2) is 6.54. The smallest absolute Gasteiger partial charge is 0.337 e. The number of carboxylic acid groups (broad SMARTS) is 1. The Balaban J connectivity index is 2.19. The third-order valence-corrected chi connectivity index (χ3v) is 4.18. The molecule has 7 heteroatoms. The molecule has 0 bridgehead atoms. The number of rotatable bonds is 3. The van der Waals surface area contributed by atoms with Gasteiger partial charge in [-0.05, 0) is 24.5 Å². The predicted octanol–water partition coefficient (Wildman–Crippen LogP) is 3.96. The predicted molar refractivity (Wildman–Crippen MR) is 82.4 cm³/mol. The van der Waals surface area contributed by atoms with Gasteiger partial charge in [-0.3, -0.25) is 0 Å². The van der Waals surface area contributed by atoms with Crippen molar-refractivity contribution >= 4 is 40.9 Å². The fourth-order valence-corrected chi connectivity index (χ4v) is 2.95. The first-order valence-electron chi connectivity index (χ1n) is 6.70. The Kier molecular flexibility index (Phi) is 4.96. The van der Waals surface area contributed by atoms with Crippen LogP contribution in [-0.2, 0) is 0 Å². The zero-order chi connectivity index (χ0) is 15.6. The van der Waals surface area contributed by atoms with Crippen LogP contribution in [0.25, 0.3) is 0 Å². The summed E-state index contributed by atoms with van der Waals surface area (Å²) in [6, 6.07) is 2.34. The molecule has 114 valence electrons. The maximum absolute atomic E-state index is 12.2. The molecule has 1 saturated heterocycles. The molecule has 0 aliphatic carbocycles. The molecule has 2 rings (SSSR count). The molecule has 1 unspecified atom stereocenters. The summed E-state index contributed by atoms with van der Waals surface area (Å²) in [5.41, 5.74) is -0.0365. The number of hydrogen-bond donors (Lipinski definition) is 2. The van der Waals surface area contributed by atoms with Crippen molar-refractivity contribution in [3.8, 4) is 0 Å². The molecule has 1 atom stereocenters. The second-order valence-corrected chi connectivity index (χ2v) is 5.90. The van der Waals surface area contributed by atoms with Gasteiger partial charge >= 0.3 is 12.0 Å². The van der Waals surface area contributed by atoms with Crippen molar-refractivity contribution in [3.05, 3.63) is 27.7 Å². The van der Waals surface area contributed by atoms with Gasteiger partial charge in [0.15, 0.2) is 0 Å². The molecule has 2 amide bonds. The van der Waals surface area contributed by atoms with Crippen LogP contribution in [-0.4, -0.2) is 35.1 Å². The minimum atomic E-state index is -1.19. The molecule has 0 radical (unpaired) electrons. The molecule has 0 spiro atoms. The van der Waals surface area contributed by atoms with E-state index in [9.17, 15) is 14.7 Å². The SMILES string of the molecule is CCC1CCN(C(=O)Nc2c(Cl)cc(Cl)cc2C(=O)O)C1. The highest BCUT2D eigenvalue weighted by Crippen LogP contribution is 2.31. The maximum Gasteiger partial charge on any atom is 0.337 e. The van der Waals surface area contributed by atoms with E-state index >= 15 is 0 Å². The summed E-state index contributed by atoms with van der Waals surface area (Å²) in [4.78, 5) is 25.1. The standard InChI is InChI=1S/C14H16Cl2N2O3/c1-2-8-3-4-18(7-8)14(21)17-12-10(13(19)20)5-9(15)6-11(12)16/h5-6,8H,2-4,7H2,1H3,(H,17,21)(H,19,20). The Labute approximate surface area is 132 Å². The highest BCUT2D eigenvalue weighted by Gasteiger charge is 2.26. The number of aromatic carboxylic acids is 1. The van der Waals surface area contributed by atoms with Crippen LogP contribution in [0, 0.1) is 5.92 Å².